The van der Waals surface area contributed by atoms with Crippen molar-refractivity contribution in [2.24, 2.45) is 5.84 Å². The Morgan fingerprint density at radius 1 is 1.47 bits per heavy atom. The van der Waals surface area contributed by atoms with Crippen LogP contribution in [0.25, 0.3) is 0 Å². The smallest absolute Gasteiger partial charge is 0.274 e. The van der Waals surface area contributed by atoms with Gasteiger partial charge in [0.15, 0.2) is 5.82 Å². The lowest BCUT2D eigenvalue weighted by Crippen LogP contribution is -2.32. The second kappa shape index (κ2) is 6.80. The highest BCUT2D eigenvalue weighted by Gasteiger charge is 2.15. The van der Waals surface area contributed by atoms with E-state index < -0.39 is 0 Å². The number of carbonyl (C=O) groups is 1. The van der Waals surface area contributed by atoms with E-state index in [0.29, 0.717) is 18.1 Å². The second-order valence-electron chi connectivity index (χ2n) is 3.67. The van der Waals surface area contributed by atoms with Gasteiger partial charge < -0.3 is 10.3 Å². The average molecular weight is 237 g/mol. The fraction of sp³-hybridized carbons (Fsp3) is 0.545. The zero-order valence-corrected chi connectivity index (χ0v) is 10.3. The number of aromatic nitrogens is 2. The summed E-state index contributed by atoms with van der Waals surface area (Å²) in [5, 5.41) is 0. The van der Waals surface area contributed by atoms with E-state index in [0.717, 1.165) is 19.4 Å². The molecule has 3 N–H and O–H groups in total. The number of hydrogen-bond acceptors (Lipinski definition) is 5. The predicted octanol–water partition coefficient (Wildman–Crippen LogP) is 1.02. The minimum atomic E-state index is -0.106. The van der Waals surface area contributed by atoms with Gasteiger partial charge in [-0.2, -0.15) is 0 Å². The van der Waals surface area contributed by atoms with Crippen molar-refractivity contribution in [3.05, 3.63) is 18.1 Å². The average Bonchev–Trinajstić information content (AvgIpc) is 2.39. The summed E-state index contributed by atoms with van der Waals surface area (Å²) in [6, 6.07) is 0. The molecule has 0 bridgehead atoms. The molecule has 0 fully saturated rings. The summed E-state index contributed by atoms with van der Waals surface area (Å²) < 4.78 is 0. The topological polar surface area (TPSA) is 84.1 Å². The van der Waals surface area contributed by atoms with Crippen LogP contribution >= 0.6 is 0 Å². The van der Waals surface area contributed by atoms with Crippen LogP contribution < -0.4 is 11.3 Å². The minimum Gasteiger partial charge on any atom is -0.338 e. The summed E-state index contributed by atoms with van der Waals surface area (Å²) in [7, 11) is 0. The number of unbranched alkanes of at least 4 members (excludes halogenated alkanes) is 1. The molecular weight excluding hydrogens is 218 g/mol. The van der Waals surface area contributed by atoms with Gasteiger partial charge in [-0.25, -0.2) is 10.8 Å². The van der Waals surface area contributed by atoms with Crippen LogP contribution in [0.15, 0.2) is 12.4 Å². The maximum absolute atomic E-state index is 12.1. The second-order valence-corrected chi connectivity index (χ2v) is 3.67. The summed E-state index contributed by atoms with van der Waals surface area (Å²) in [5.41, 5.74) is 2.70. The molecule has 0 aliphatic rings. The molecule has 0 aliphatic heterocycles. The van der Waals surface area contributed by atoms with Gasteiger partial charge in [-0.15, -0.1) is 0 Å². The summed E-state index contributed by atoms with van der Waals surface area (Å²) in [4.78, 5) is 21.9. The zero-order valence-electron chi connectivity index (χ0n) is 10.3. The summed E-state index contributed by atoms with van der Waals surface area (Å²) >= 11 is 0. The van der Waals surface area contributed by atoms with Crippen LogP contribution in [0.4, 0.5) is 5.82 Å². The normalized spacial score (nSPS) is 10.1. The van der Waals surface area contributed by atoms with Gasteiger partial charge in [0.2, 0.25) is 0 Å². The van der Waals surface area contributed by atoms with Crippen molar-refractivity contribution in [1.82, 2.24) is 14.9 Å². The molecule has 0 aromatic carbocycles. The molecule has 0 radical (unpaired) electrons. The molecule has 1 heterocycles. The quantitative estimate of drug-likeness (QED) is 0.570. The Morgan fingerprint density at radius 2 is 2.24 bits per heavy atom. The van der Waals surface area contributed by atoms with E-state index >= 15 is 0 Å². The van der Waals surface area contributed by atoms with Gasteiger partial charge >= 0.3 is 0 Å². The molecule has 1 rings (SSSR count). The molecule has 17 heavy (non-hydrogen) atoms. The lowest BCUT2D eigenvalue weighted by Gasteiger charge is -2.20. The molecular formula is C11H19N5O. The first kappa shape index (κ1) is 13.4. The van der Waals surface area contributed by atoms with E-state index in [4.69, 9.17) is 5.84 Å². The Hall–Kier alpha value is -1.69. The highest BCUT2D eigenvalue weighted by Crippen LogP contribution is 2.05. The third kappa shape index (κ3) is 3.67. The molecule has 1 aromatic heterocycles. The van der Waals surface area contributed by atoms with Gasteiger partial charge in [-0.3, -0.25) is 9.78 Å². The van der Waals surface area contributed by atoms with E-state index in [1.54, 1.807) is 4.90 Å². The Labute approximate surface area is 101 Å². The lowest BCUT2D eigenvalue weighted by atomic mass is 10.3. The van der Waals surface area contributed by atoms with E-state index in [1.807, 2.05) is 6.92 Å². The molecule has 1 amide bonds. The Bertz CT molecular complexity index is 369. The van der Waals surface area contributed by atoms with Crippen LogP contribution in [0.1, 0.15) is 37.2 Å². The number of amides is 1. The SMILES string of the molecule is CCCCN(CC)C(=O)c1cncc(NN)n1. The Kier molecular flexibility index (Phi) is 5.35. The number of nitrogens with zero attached hydrogens (tertiary/aromatic N) is 3. The highest BCUT2D eigenvalue weighted by atomic mass is 16.2. The van der Waals surface area contributed by atoms with Gasteiger partial charge in [0, 0.05) is 13.1 Å². The van der Waals surface area contributed by atoms with Crippen molar-refractivity contribution in [3.8, 4) is 0 Å². The molecule has 6 nitrogen and oxygen atoms in total. The molecule has 0 aliphatic carbocycles. The zero-order chi connectivity index (χ0) is 12.7. The van der Waals surface area contributed by atoms with Crippen LogP contribution in [0.5, 0.6) is 0 Å². The van der Waals surface area contributed by atoms with Gasteiger partial charge in [0.05, 0.1) is 12.4 Å². The fourth-order valence-electron chi connectivity index (χ4n) is 1.45. The van der Waals surface area contributed by atoms with E-state index in [9.17, 15) is 4.79 Å². The first-order chi connectivity index (χ1) is 8.22. The molecule has 1 aromatic rings. The molecule has 0 unspecified atom stereocenters. The van der Waals surface area contributed by atoms with Gasteiger partial charge in [0.25, 0.3) is 5.91 Å². The number of carbonyl (C=O) groups excluding carboxylic acids is 1. The van der Waals surface area contributed by atoms with Crippen LogP contribution in [0.2, 0.25) is 0 Å². The number of anilines is 1. The van der Waals surface area contributed by atoms with E-state index in [-0.39, 0.29) is 5.91 Å². The van der Waals surface area contributed by atoms with Crippen LogP contribution in [0.3, 0.4) is 0 Å². The molecule has 0 spiro atoms. The van der Waals surface area contributed by atoms with Gasteiger partial charge in [0.1, 0.15) is 5.69 Å². The molecule has 6 heteroatoms. The van der Waals surface area contributed by atoms with Crippen LogP contribution in [0, 0.1) is 0 Å². The maximum atomic E-state index is 12.1. The Balaban J connectivity index is 2.78. The van der Waals surface area contributed by atoms with Crippen LogP contribution in [-0.2, 0) is 0 Å². The number of hydrogen-bond donors (Lipinski definition) is 2. The van der Waals surface area contributed by atoms with Gasteiger partial charge in [-0.05, 0) is 13.3 Å². The first-order valence-corrected chi connectivity index (χ1v) is 5.80. The highest BCUT2D eigenvalue weighted by molar-refractivity contribution is 5.92. The van der Waals surface area contributed by atoms with Crippen LogP contribution in [-0.4, -0.2) is 33.9 Å². The summed E-state index contributed by atoms with van der Waals surface area (Å²) in [6.45, 7) is 5.46. The van der Waals surface area contributed by atoms with Crippen molar-refractivity contribution in [2.75, 3.05) is 18.5 Å². The number of nitrogen functional groups attached to an aromatic ring is 1. The largest absolute Gasteiger partial charge is 0.338 e. The lowest BCUT2D eigenvalue weighted by molar-refractivity contribution is 0.0756. The monoisotopic (exact) mass is 237 g/mol. The molecule has 94 valence electrons. The molecule has 0 saturated heterocycles. The van der Waals surface area contributed by atoms with Gasteiger partial charge in [-0.1, -0.05) is 13.3 Å². The summed E-state index contributed by atoms with van der Waals surface area (Å²) in [5.74, 6) is 5.52. The number of hydrazine groups is 1. The van der Waals surface area contributed by atoms with E-state index in [2.05, 4.69) is 22.3 Å². The minimum absolute atomic E-state index is 0.106. The predicted molar refractivity (Wildman–Crippen MR) is 66.3 cm³/mol. The first-order valence-electron chi connectivity index (χ1n) is 5.80. The number of rotatable bonds is 6. The number of nitrogens with one attached hydrogen (secondary N) is 1. The molecule has 0 atom stereocenters. The van der Waals surface area contributed by atoms with Crippen molar-refractivity contribution in [3.63, 3.8) is 0 Å². The van der Waals surface area contributed by atoms with Crippen molar-refractivity contribution >= 4 is 11.7 Å². The standard InChI is InChI=1S/C11H19N5O/c1-3-5-6-16(4-2)11(17)9-7-13-8-10(14-9)15-12/h7-8H,3-6,12H2,1-2H3,(H,14,15). The third-order valence-electron chi connectivity index (χ3n) is 2.45. The van der Waals surface area contributed by atoms with Crippen molar-refractivity contribution in [1.29, 1.82) is 0 Å². The maximum Gasteiger partial charge on any atom is 0.274 e. The molecule has 0 saturated carbocycles. The van der Waals surface area contributed by atoms with E-state index in [1.165, 1.54) is 12.4 Å². The third-order valence-corrected chi connectivity index (χ3v) is 2.45. The number of nitrogens with two attached hydrogens (primary N) is 1. The fourth-order valence-corrected chi connectivity index (χ4v) is 1.45. The van der Waals surface area contributed by atoms with Crippen molar-refractivity contribution < 1.29 is 4.79 Å². The Morgan fingerprint density at radius 3 is 2.82 bits per heavy atom. The summed E-state index contributed by atoms with van der Waals surface area (Å²) in [6.07, 6.45) is 4.97. The van der Waals surface area contributed by atoms with Crippen molar-refractivity contribution in [2.45, 2.75) is 26.7 Å².